The van der Waals surface area contributed by atoms with Crippen LogP contribution in [-0.2, 0) is 11.3 Å². The average molecular weight is 312 g/mol. The molecule has 1 aliphatic heterocycles. The highest BCUT2D eigenvalue weighted by atomic mass is 79.9. The normalized spacial score (nSPS) is 19.7. The molecular formula is C13H14BrNO3. The molecule has 0 saturated carbocycles. The Morgan fingerprint density at radius 2 is 2.33 bits per heavy atom. The molecule has 0 radical (unpaired) electrons. The van der Waals surface area contributed by atoms with Gasteiger partial charge in [0.25, 0.3) is 0 Å². The molecule has 1 atom stereocenters. The van der Waals surface area contributed by atoms with Gasteiger partial charge in [-0.3, -0.25) is 4.57 Å². The Kier molecular flexibility index (Phi) is 3.26. The lowest BCUT2D eigenvalue weighted by Crippen LogP contribution is -2.18. The molecule has 1 aliphatic rings. The molecule has 0 bridgehead atoms. The first kappa shape index (κ1) is 12.0. The van der Waals surface area contributed by atoms with Crippen molar-refractivity contribution in [2.75, 3.05) is 6.61 Å². The molecule has 96 valence electrons. The van der Waals surface area contributed by atoms with Crippen LogP contribution >= 0.6 is 15.9 Å². The first-order valence-corrected chi connectivity index (χ1v) is 6.94. The molecule has 2 heterocycles. The highest BCUT2D eigenvalue weighted by Gasteiger charge is 2.17. The van der Waals surface area contributed by atoms with E-state index in [9.17, 15) is 4.79 Å². The van der Waals surface area contributed by atoms with Gasteiger partial charge >= 0.3 is 5.76 Å². The van der Waals surface area contributed by atoms with Crippen LogP contribution in [0.2, 0.25) is 0 Å². The van der Waals surface area contributed by atoms with Gasteiger partial charge in [0.2, 0.25) is 0 Å². The van der Waals surface area contributed by atoms with Crippen molar-refractivity contribution >= 4 is 27.0 Å². The van der Waals surface area contributed by atoms with Gasteiger partial charge in [0.1, 0.15) is 0 Å². The average Bonchev–Trinajstić information content (AvgIpc) is 2.93. The van der Waals surface area contributed by atoms with Crippen molar-refractivity contribution in [3.8, 4) is 0 Å². The highest BCUT2D eigenvalue weighted by molar-refractivity contribution is 9.10. The third-order valence-electron chi connectivity index (χ3n) is 3.33. The van der Waals surface area contributed by atoms with Gasteiger partial charge in [0, 0.05) is 17.6 Å². The quantitative estimate of drug-likeness (QED) is 0.875. The Morgan fingerprint density at radius 3 is 3.11 bits per heavy atom. The van der Waals surface area contributed by atoms with Gasteiger partial charge in [0.05, 0.1) is 11.6 Å². The van der Waals surface area contributed by atoms with Crippen LogP contribution in [0.1, 0.15) is 19.3 Å². The van der Waals surface area contributed by atoms with Gasteiger partial charge in [-0.15, -0.1) is 0 Å². The SMILES string of the molecule is O=c1oc2cc(Br)ccc2n1CC[C@H]1CCCO1. The third kappa shape index (κ3) is 2.24. The molecule has 18 heavy (non-hydrogen) atoms. The summed E-state index contributed by atoms with van der Waals surface area (Å²) in [4.78, 5) is 11.8. The van der Waals surface area contributed by atoms with Gasteiger partial charge in [-0.1, -0.05) is 15.9 Å². The lowest BCUT2D eigenvalue weighted by molar-refractivity contribution is 0.100. The molecule has 0 amide bonds. The monoisotopic (exact) mass is 311 g/mol. The summed E-state index contributed by atoms with van der Waals surface area (Å²) in [6.45, 7) is 1.50. The number of aryl methyl sites for hydroxylation is 1. The molecule has 2 aromatic rings. The third-order valence-corrected chi connectivity index (χ3v) is 3.82. The van der Waals surface area contributed by atoms with Crippen molar-refractivity contribution in [2.24, 2.45) is 0 Å². The topological polar surface area (TPSA) is 44.4 Å². The number of nitrogens with zero attached hydrogens (tertiary/aromatic N) is 1. The number of rotatable bonds is 3. The van der Waals surface area contributed by atoms with E-state index in [2.05, 4.69) is 15.9 Å². The number of ether oxygens (including phenoxy) is 1. The Labute approximate surface area is 113 Å². The van der Waals surface area contributed by atoms with E-state index in [-0.39, 0.29) is 11.9 Å². The molecule has 0 aliphatic carbocycles. The Morgan fingerprint density at radius 1 is 1.44 bits per heavy atom. The van der Waals surface area contributed by atoms with Gasteiger partial charge in [-0.25, -0.2) is 4.79 Å². The molecule has 1 saturated heterocycles. The van der Waals surface area contributed by atoms with Crippen LogP contribution in [-0.4, -0.2) is 17.3 Å². The highest BCUT2D eigenvalue weighted by Crippen LogP contribution is 2.20. The Bertz CT molecular complexity index is 610. The molecule has 1 aromatic heterocycles. The Balaban J connectivity index is 1.86. The summed E-state index contributed by atoms with van der Waals surface area (Å²) in [6, 6.07) is 5.64. The zero-order valence-corrected chi connectivity index (χ0v) is 11.5. The molecule has 0 spiro atoms. The minimum atomic E-state index is -0.291. The van der Waals surface area contributed by atoms with E-state index >= 15 is 0 Å². The number of hydrogen-bond donors (Lipinski definition) is 0. The fourth-order valence-electron chi connectivity index (χ4n) is 2.40. The molecule has 1 aromatic carbocycles. The number of hydrogen-bond acceptors (Lipinski definition) is 3. The van der Waals surface area contributed by atoms with Crippen LogP contribution in [0, 0.1) is 0 Å². The maximum Gasteiger partial charge on any atom is 0.419 e. The van der Waals surface area contributed by atoms with Crippen LogP contribution in [0.3, 0.4) is 0 Å². The fraction of sp³-hybridized carbons (Fsp3) is 0.462. The van der Waals surface area contributed by atoms with Gasteiger partial charge < -0.3 is 9.15 Å². The smallest absolute Gasteiger partial charge is 0.408 e. The molecule has 3 rings (SSSR count). The number of halogens is 1. The van der Waals surface area contributed by atoms with Crippen LogP contribution in [0.15, 0.2) is 31.9 Å². The second kappa shape index (κ2) is 4.90. The first-order valence-electron chi connectivity index (χ1n) is 6.14. The maximum absolute atomic E-state index is 11.8. The van der Waals surface area contributed by atoms with E-state index in [4.69, 9.17) is 9.15 Å². The van der Waals surface area contributed by atoms with Gasteiger partial charge in [-0.05, 0) is 37.5 Å². The Hall–Kier alpha value is -1.07. The van der Waals surface area contributed by atoms with E-state index in [1.165, 1.54) is 0 Å². The van der Waals surface area contributed by atoms with Crippen molar-refractivity contribution < 1.29 is 9.15 Å². The summed E-state index contributed by atoms with van der Waals surface area (Å²) in [5, 5.41) is 0. The van der Waals surface area contributed by atoms with Gasteiger partial charge in [0.15, 0.2) is 5.58 Å². The lowest BCUT2D eigenvalue weighted by atomic mass is 10.2. The summed E-state index contributed by atoms with van der Waals surface area (Å²) in [6.07, 6.45) is 3.37. The second-order valence-corrected chi connectivity index (χ2v) is 5.47. The van der Waals surface area contributed by atoms with Crippen LogP contribution in [0.5, 0.6) is 0 Å². The first-order chi connectivity index (χ1) is 8.74. The van der Waals surface area contributed by atoms with E-state index in [1.807, 2.05) is 18.2 Å². The van der Waals surface area contributed by atoms with Crippen LogP contribution in [0.25, 0.3) is 11.1 Å². The van der Waals surface area contributed by atoms with Crippen LogP contribution < -0.4 is 5.76 Å². The second-order valence-electron chi connectivity index (χ2n) is 4.56. The standard InChI is InChI=1S/C13H14BrNO3/c14-9-3-4-11-12(8-9)18-13(16)15(11)6-5-10-2-1-7-17-10/h3-4,8,10H,1-2,5-7H2/t10-/m1/s1. The predicted octanol–water partition coefficient (Wildman–Crippen LogP) is 2.93. The molecule has 0 N–H and O–H groups in total. The zero-order chi connectivity index (χ0) is 12.5. The fourth-order valence-corrected chi connectivity index (χ4v) is 2.74. The van der Waals surface area contributed by atoms with Gasteiger partial charge in [-0.2, -0.15) is 0 Å². The van der Waals surface area contributed by atoms with E-state index in [0.29, 0.717) is 12.1 Å². The van der Waals surface area contributed by atoms with Crippen LogP contribution in [0.4, 0.5) is 0 Å². The molecular weight excluding hydrogens is 298 g/mol. The van der Waals surface area contributed by atoms with Crippen molar-refractivity contribution in [1.29, 1.82) is 0 Å². The number of benzene rings is 1. The molecule has 0 unspecified atom stereocenters. The molecule has 5 heteroatoms. The minimum absolute atomic E-state index is 0.289. The van der Waals surface area contributed by atoms with Crippen molar-refractivity contribution in [3.63, 3.8) is 0 Å². The van der Waals surface area contributed by atoms with Crippen molar-refractivity contribution in [1.82, 2.24) is 4.57 Å². The van der Waals surface area contributed by atoms with Crippen molar-refractivity contribution in [3.05, 3.63) is 33.2 Å². The number of fused-ring (bicyclic) bond motifs is 1. The summed E-state index contributed by atoms with van der Waals surface area (Å²) < 4.78 is 13.4. The van der Waals surface area contributed by atoms with E-state index < -0.39 is 0 Å². The largest absolute Gasteiger partial charge is 0.419 e. The van der Waals surface area contributed by atoms with E-state index in [1.54, 1.807) is 4.57 Å². The summed E-state index contributed by atoms with van der Waals surface area (Å²) >= 11 is 3.37. The molecule has 4 nitrogen and oxygen atoms in total. The minimum Gasteiger partial charge on any atom is -0.408 e. The molecule has 1 fully saturated rings. The van der Waals surface area contributed by atoms with E-state index in [0.717, 1.165) is 35.9 Å². The number of aromatic nitrogens is 1. The van der Waals surface area contributed by atoms with Crippen molar-refractivity contribution in [2.45, 2.75) is 31.9 Å². The zero-order valence-electron chi connectivity index (χ0n) is 9.89. The number of oxazole rings is 1. The summed E-state index contributed by atoms with van der Waals surface area (Å²) in [7, 11) is 0. The summed E-state index contributed by atoms with van der Waals surface area (Å²) in [5.41, 5.74) is 1.47. The lowest BCUT2D eigenvalue weighted by Gasteiger charge is -2.08. The maximum atomic E-state index is 11.8. The predicted molar refractivity (Wildman–Crippen MR) is 71.8 cm³/mol. The summed E-state index contributed by atoms with van der Waals surface area (Å²) in [5.74, 6) is -0.291.